The van der Waals surface area contributed by atoms with E-state index in [-0.39, 0.29) is 5.56 Å². The molecule has 0 aliphatic carbocycles. The van der Waals surface area contributed by atoms with Crippen LogP contribution in [0.25, 0.3) is 0 Å². The van der Waals surface area contributed by atoms with Crippen molar-refractivity contribution in [2.75, 3.05) is 12.9 Å². The van der Waals surface area contributed by atoms with Crippen LogP contribution in [0.15, 0.2) is 12.1 Å². The second-order valence-corrected chi connectivity index (χ2v) is 4.70. The lowest BCUT2D eigenvalue weighted by Crippen LogP contribution is -2.06. The average molecular weight is 263 g/mol. The number of thioether (sulfide) groups is 1. The SMILES string of the molecule is CCSCc1c(Cl)ccc(C(=O)OC)c1F. The molecule has 0 saturated heterocycles. The predicted molar refractivity (Wildman–Crippen MR) is 64.6 cm³/mol. The largest absolute Gasteiger partial charge is 0.465 e. The Hall–Kier alpha value is -0.740. The number of methoxy groups -OCH3 is 1. The Balaban J connectivity index is 3.11. The fourth-order valence-electron chi connectivity index (χ4n) is 1.20. The fraction of sp³-hybridized carbons (Fsp3) is 0.364. The molecule has 0 saturated carbocycles. The van der Waals surface area contributed by atoms with Gasteiger partial charge in [0, 0.05) is 16.3 Å². The molecule has 0 spiro atoms. The molecule has 0 aliphatic heterocycles. The number of carbonyl (C=O) groups is 1. The van der Waals surface area contributed by atoms with E-state index in [0.29, 0.717) is 16.3 Å². The van der Waals surface area contributed by atoms with Gasteiger partial charge in [0.05, 0.1) is 12.7 Å². The minimum absolute atomic E-state index is 0.0707. The van der Waals surface area contributed by atoms with Crippen molar-refractivity contribution in [2.45, 2.75) is 12.7 Å². The van der Waals surface area contributed by atoms with Crippen molar-refractivity contribution in [1.29, 1.82) is 0 Å². The molecule has 0 unspecified atom stereocenters. The monoisotopic (exact) mass is 262 g/mol. The molecule has 1 aromatic rings. The average Bonchev–Trinajstić information content (AvgIpc) is 2.28. The number of ether oxygens (including phenoxy) is 1. The van der Waals surface area contributed by atoms with E-state index in [9.17, 15) is 9.18 Å². The van der Waals surface area contributed by atoms with Crippen LogP contribution in [-0.2, 0) is 10.5 Å². The summed E-state index contributed by atoms with van der Waals surface area (Å²) in [6.45, 7) is 1.97. The Morgan fingerprint density at radius 2 is 2.25 bits per heavy atom. The molecule has 88 valence electrons. The molecule has 16 heavy (non-hydrogen) atoms. The smallest absolute Gasteiger partial charge is 0.340 e. The Bertz CT molecular complexity index is 396. The van der Waals surface area contributed by atoms with E-state index >= 15 is 0 Å². The van der Waals surface area contributed by atoms with Gasteiger partial charge in [-0.25, -0.2) is 9.18 Å². The molecule has 0 heterocycles. The summed E-state index contributed by atoms with van der Waals surface area (Å²) in [5, 5.41) is 0.339. The molecule has 0 N–H and O–H groups in total. The van der Waals surface area contributed by atoms with Crippen LogP contribution in [0, 0.1) is 5.82 Å². The summed E-state index contributed by atoms with van der Waals surface area (Å²) in [7, 11) is 1.22. The van der Waals surface area contributed by atoms with Crippen molar-refractivity contribution < 1.29 is 13.9 Å². The van der Waals surface area contributed by atoms with Gasteiger partial charge in [0.1, 0.15) is 5.82 Å². The minimum Gasteiger partial charge on any atom is -0.465 e. The maximum absolute atomic E-state index is 13.9. The minimum atomic E-state index is -0.683. The summed E-state index contributed by atoms with van der Waals surface area (Å²) in [4.78, 5) is 11.3. The van der Waals surface area contributed by atoms with Gasteiger partial charge in [-0.3, -0.25) is 0 Å². The summed E-state index contributed by atoms with van der Waals surface area (Å²) in [5.74, 6) is 0.0433. The highest BCUT2D eigenvalue weighted by Gasteiger charge is 2.17. The van der Waals surface area contributed by atoms with Gasteiger partial charge in [-0.15, -0.1) is 0 Å². The van der Waals surface area contributed by atoms with Gasteiger partial charge in [0.15, 0.2) is 0 Å². The second kappa shape index (κ2) is 6.11. The normalized spacial score (nSPS) is 10.2. The van der Waals surface area contributed by atoms with E-state index in [1.165, 1.54) is 19.2 Å². The van der Waals surface area contributed by atoms with E-state index in [2.05, 4.69) is 4.74 Å². The van der Waals surface area contributed by atoms with Crippen LogP contribution in [0.1, 0.15) is 22.8 Å². The maximum Gasteiger partial charge on any atom is 0.340 e. The van der Waals surface area contributed by atoms with Crippen LogP contribution in [-0.4, -0.2) is 18.8 Å². The summed E-state index contributed by atoms with van der Waals surface area (Å²) in [5.41, 5.74) is 0.287. The number of halogens is 2. The Morgan fingerprint density at radius 1 is 1.56 bits per heavy atom. The van der Waals surface area contributed by atoms with Gasteiger partial charge in [-0.05, 0) is 17.9 Å². The summed E-state index contributed by atoms with van der Waals surface area (Å²) in [6.07, 6.45) is 0. The second-order valence-electron chi connectivity index (χ2n) is 3.02. The quantitative estimate of drug-likeness (QED) is 0.777. The molecule has 0 atom stereocenters. The number of hydrogen-bond acceptors (Lipinski definition) is 3. The molecule has 0 fully saturated rings. The lowest BCUT2D eigenvalue weighted by atomic mass is 10.1. The van der Waals surface area contributed by atoms with E-state index in [1.54, 1.807) is 11.8 Å². The zero-order chi connectivity index (χ0) is 12.1. The summed E-state index contributed by atoms with van der Waals surface area (Å²) < 4.78 is 18.4. The number of rotatable bonds is 4. The van der Waals surface area contributed by atoms with Crippen molar-refractivity contribution in [3.8, 4) is 0 Å². The van der Waals surface area contributed by atoms with Gasteiger partial charge in [0.25, 0.3) is 0 Å². The number of benzene rings is 1. The molecule has 0 aromatic heterocycles. The van der Waals surface area contributed by atoms with Gasteiger partial charge in [0.2, 0.25) is 0 Å². The molecule has 1 aromatic carbocycles. The fourth-order valence-corrected chi connectivity index (χ4v) is 2.18. The third kappa shape index (κ3) is 2.89. The Morgan fingerprint density at radius 3 is 2.81 bits per heavy atom. The van der Waals surface area contributed by atoms with Gasteiger partial charge >= 0.3 is 5.97 Å². The highest BCUT2D eigenvalue weighted by molar-refractivity contribution is 7.98. The number of carbonyl (C=O) groups excluding carboxylic acids is 1. The first kappa shape index (κ1) is 13.3. The van der Waals surface area contributed by atoms with Crippen LogP contribution >= 0.6 is 23.4 Å². The van der Waals surface area contributed by atoms with Crippen LogP contribution in [0.5, 0.6) is 0 Å². The van der Waals surface area contributed by atoms with E-state index in [4.69, 9.17) is 11.6 Å². The highest BCUT2D eigenvalue weighted by atomic mass is 35.5. The lowest BCUT2D eigenvalue weighted by Gasteiger charge is -2.08. The van der Waals surface area contributed by atoms with E-state index in [1.807, 2.05) is 6.92 Å². The first-order chi connectivity index (χ1) is 7.61. The van der Waals surface area contributed by atoms with Crippen molar-refractivity contribution in [1.82, 2.24) is 0 Å². The Kier molecular flexibility index (Phi) is 5.09. The molecule has 0 aliphatic rings. The molecular weight excluding hydrogens is 251 g/mol. The first-order valence-electron chi connectivity index (χ1n) is 4.74. The zero-order valence-electron chi connectivity index (χ0n) is 9.05. The molecule has 1 rings (SSSR count). The van der Waals surface area contributed by atoms with Gasteiger partial charge in [-0.1, -0.05) is 18.5 Å². The number of hydrogen-bond donors (Lipinski definition) is 0. The van der Waals surface area contributed by atoms with E-state index < -0.39 is 11.8 Å². The molecule has 2 nitrogen and oxygen atoms in total. The third-order valence-electron chi connectivity index (χ3n) is 2.04. The van der Waals surface area contributed by atoms with Crippen LogP contribution in [0.4, 0.5) is 4.39 Å². The lowest BCUT2D eigenvalue weighted by molar-refractivity contribution is 0.0595. The summed E-state index contributed by atoms with van der Waals surface area (Å²) in [6, 6.07) is 2.85. The maximum atomic E-state index is 13.9. The molecular formula is C11H12ClFO2S. The van der Waals surface area contributed by atoms with Crippen molar-refractivity contribution >= 4 is 29.3 Å². The van der Waals surface area contributed by atoms with Crippen LogP contribution < -0.4 is 0 Å². The third-order valence-corrected chi connectivity index (χ3v) is 3.30. The van der Waals surface area contributed by atoms with E-state index in [0.717, 1.165) is 5.75 Å². The standard InChI is InChI=1S/C11H12ClFO2S/c1-3-16-6-8-9(12)5-4-7(10(8)13)11(14)15-2/h4-5H,3,6H2,1-2H3. The van der Waals surface area contributed by atoms with Gasteiger partial charge in [-0.2, -0.15) is 11.8 Å². The Labute approximate surface area is 103 Å². The van der Waals surface area contributed by atoms with Crippen molar-refractivity contribution in [3.05, 3.63) is 34.1 Å². The highest BCUT2D eigenvalue weighted by Crippen LogP contribution is 2.26. The number of esters is 1. The molecule has 5 heteroatoms. The first-order valence-corrected chi connectivity index (χ1v) is 6.28. The zero-order valence-corrected chi connectivity index (χ0v) is 10.6. The van der Waals surface area contributed by atoms with Crippen LogP contribution in [0.2, 0.25) is 5.02 Å². The molecule has 0 bridgehead atoms. The molecule has 0 amide bonds. The van der Waals surface area contributed by atoms with Crippen molar-refractivity contribution in [3.63, 3.8) is 0 Å². The van der Waals surface area contributed by atoms with Crippen LogP contribution in [0.3, 0.4) is 0 Å². The predicted octanol–water partition coefficient (Wildman–Crippen LogP) is 3.52. The topological polar surface area (TPSA) is 26.3 Å². The van der Waals surface area contributed by atoms with Crippen molar-refractivity contribution in [2.24, 2.45) is 0 Å². The van der Waals surface area contributed by atoms with Gasteiger partial charge < -0.3 is 4.74 Å². The summed E-state index contributed by atoms with van der Waals surface area (Å²) >= 11 is 7.42. The molecule has 0 radical (unpaired) electrons.